The van der Waals surface area contributed by atoms with Gasteiger partial charge in [-0.3, -0.25) is 4.79 Å². The zero-order valence-corrected chi connectivity index (χ0v) is 13.1. The minimum absolute atomic E-state index is 0.0914. The van der Waals surface area contributed by atoms with Gasteiger partial charge < -0.3 is 10.6 Å². The molecule has 2 rings (SSSR count). The summed E-state index contributed by atoms with van der Waals surface area (Å²) in [4.78, 5) is 11.8. The van der Waals surface area contributed by atoms with Gasteiger partial charge in [-0.25, -0.2) is 0 Å². The van der Waals surface area contributed by atoms with Gasteiger partial charge in [-0.15, -0.1) is 0 Å². The van der Waals surface area contributed by atoms with Crippen LogP contribution in [0.3, 0.4) is 0 Å². The monoisotopic (exact) mass is 296 g/mol. The van der Waals surface area contributed by atoms with Crippen LogP contribution in [0.15, 0.2) is 54.6 Å². The third-order valence-corrected chi connectivity index (χ3v) is 3.53. The quantitative estimate of drug-likeness (QED) is 0.736. The number of amides is 1. The van der Waals surface area contributed by atoms with E-state index in [1.165, 1.54) is 11.1 Å². The normalized spacial score (nSPS) is 10.4. The molecule has 116 valence electrons. The summed E-state index contributed by atoms with van der Waals surface area (Å²) in [6.45, 7) is 4.27. The molecule has 0 heterocycles. The molecule has 0 saturated carbocycles. The zero-order valence-electron chi connectivity index (χ0n) is 13.1. The number of benzene rings is 2. The van der Waals surface area contributed by atoms with Crippen molar-refractivity contribution in [3.8, 4) is 0 Å². The second-order valence-corrected chi connectivity index (χ2v) is 5.50. The van der Waals surface area contributed by atoms with Gasteiger partial charge in [-0.05, 0) is 31.0 Å². The Labute approximate surface area is 132 Å². The highest BCUT2D eigenvalue weighted by Crippen LogP contribution is 2.03. The summed E-state index contributed by atoms with van der Waals surface area (Å²) in [6, 6.07) is 18.6. The van der Waals surface area contributed by atoms with E-state index in [9.17, 15) is 4.79 Å². The van der Waals surface area contributed by atoms with Crippen molar-refractivity contribution in [2.45, 2.75) is 26.3 Å². The molecule has 0 aromatic heterocycles. The molecule has 0 unspecified atom stereocenters. The average molecular weight is 296 g/mol. The Hall–Kier alpha value is -2.13. The lowest BCUT2D eigenvalue weighted by Gasteiger charge is -2.07. The highest BCUT2D eigenvalue weighted by Gasteiger charge is 2.01. The fourth-order valence-corrected chi connectivity index (χ4v) is 2.32. The van der Waals surface area contributed by atoms with Gasteiger partial charge in [-0.2, -0.15) is 0 Å². The highest BCUT2D eigenvalue weighted by molar-refractivity contribution is 5.76. The van der Waals surface area contributed by atoms with Crippen LogP contribution in [0, 0.1) is 6.92 Å². The van der Waals surface area contributed by atoms with Crippen molar-refractivity contribution in [3.05, 3.63) is 71.3 Å². The standard InChI is InChI=1S/C19H24N2O/c1-16-6-5-9-18(14-16)15-21-19(22)11-13-20-12-10-17-7-3-2-4-8-17/h2-9,14,20H,10-13,15H2,1H3,(H,21,22). The Morgan fingerprint density at radius 3 is 2.50 bits per heavy atom. The van der Waals surface area contributed by atoms with E-state index >= 15 is 0 Å². The van der Waals surface area contributed by atoms with E-state index in [4.69, 9.17) is 0 Å². The van der Waals surface area contributed by atoms with Crippen molar-refractivity contribution in [1.82, 2.24) is 10.6 Å². The van der Waals surface area contributed by atoms with Crippen molar-refractivity contribution in [2.24, 2.45) is 0 Å². The zero-order chi connectivity index (χ0) is 15.6. The maximum atomic E-state index is 11.8. The molecule has 0 aliphatic carbocycles. The SMILES string of the molecule is Cc1cccc(CNC(=O)CCNCCc2ccccc2)c1. The lowest BCUT2D eigenvalue weighted by Crippen LogP contribution is -2.28. The molecule has 0 saturated heterocycles. The van der Waals surface area contributed by atoms with Gasteiger partial charge in [0, 0.05) is 19.5 Å². The summed E-state index contributed by atoms with van der Waals surface area (Å²) in [6.07, 6.45) is 1.51. The maximum Gasteiger partial charge on any atom is 0.221 e. The minimum atomic E-state index is 0.0914. The molecule has 0 aliphatic heterocycles. The molecule has 0 atom stereocenters. The molecule has 22 heavy (non-hydrogen) atoms. The van der Waals surface area contributed by atoms with Crippen LogP contribution in [0.1, 0.15) is 23.1 Å². The molecule has 0 bridgehead atoms. The summed E-state index contributed by atoms with van der Waals surface area (Å²) in [7, 11) is 0. The second kappa shape index (κ2) is 9.00. The van der Waals surface area contributed by atoms with Crippen molar-refractivity contribution in [2.75, 3.05) is 13.1 Å². The molecule has 2 aromatic carbocycles. The Kier molecular flexibility index (Phi) is 6.65. The van der Waals surface area contributed by atoms with Gasteiger partial charge in [0.05, 0.1) is 0 Å². The van der Waals surface area contributed by atoms with Gasteiger partial charge in [0.1, 0.15) is 0 Å². The number of hydrogen-bond donors (Lipinski definition) is 2. The van der Waals surface area contributed by atoms with Crippen LogP contribution in [-0.4, -0.2) is 19.0 Å². The van der Waals surface area contributed by atoms with E-state index in [1.807, 2.05) is 30.3 Å². The van der Waals surface area contributed by atoms with Gasteiger partial charge in [0.15, 0.2) is 0 Å². The Morgan fingerprint density at radius 2 is 1.73 bits per heavy atom. The Morgan fingerprint density at radius 1 is 0.955 bits per heavy atom. The molecule has 0 aliphatic rings. The molecule has 2 N–H and O–H groups in total. The molecular formula is C19H24N2O. The van der Waals surface area contributed by atoms with Crippen molar-refractivity contribution in [3.63, 3.8) is 0 Å². The van der Waals surface area contributed by atoms with Gasteiger partial charge in [-0.1, -0.05) is 60.2 Å². The van der Waals surface area contributed by atoms with E-state index in [2.05, 4.69) is 41.8 Å². The third-order valence-electron chi connectivity index (χ3n) is 3.53. The van der Waals surface area contributed by atoms with E-state index in [-0.39, 0.29) is 5.91 Å². The first-order valence-corrected chi connectivity index (χ1v) is 7.81. The first-order chi connectivity index (χ1) is 10.7. The summed E-state index contributed by atoms with van der Waals surface area (Å²) in [5.74, 6) is 0.0914. The molecule has 0 radical (unpaired) electrons. The molecule has 0 fully saturated rings. The Bertz CT molecular complexity index is 581. The highest BCUT2D eigenvalue weighted by atomic mass is 16.1. The smallest absolute Gasteiger partial charge is 0.221 e. The van der Waals surface area contributed by atoms with Crippen LogP contribution in [-0.2, 0) is 17.8 Å². The van der Waals surface area contributed by atoms with Gasteiger partial charge in [0.25, 0.3) is 0 Å². The van der Waals surface area contributed by atoms with Crippen molar-refractivity contribution in [1.29, 1.82) is 0 Å². The molecule has 3 nitrogen and oxygen atoms in total. The predicted octanol–water partition coefficient (Wildman–Crippen LogP) is 2.83. The predicted molar refractivity (Wildman–Crippen MR) is 90.7 cm³/mol. The van der Waals surface area contributed by atoms with Gasteiger partial charge in [0.2, 0.25) is 5.91 Å². The molecule has 3 heteroatoms. The number of nitrogens with one attached hydrogen (secondary N) is 2. The summed E-state index contributed by atoms with van der Waals surface area (Å²) >= 11 is 0. The lowest BCUT2D eigenvalue weighted by molar-refractivity contribution is -0.121. The average Bonchev–Trinajstić information content (AvgIpc) is 2.54. The third kappa shape index (κ3) is 6.10. The van der Waals surface area contributed by atoms with Crippen LogP contribution in [0.5, 0.6) is 0 Å². The largest absolute Gasteiger partial charge is 0.352 e. The summed E-state index contributed by atoms with van der Waals surface area (Å²) < 4.78 is 0. The van der Waals surface area contributed by atoms with Crippen LogP contribution >= 0.6 is 0 Å². The molecule has 0 spiro atoms. The number of aryl methyl sites for hydroxylation is 1. The van der Waals surface area contributed by atoms with Gasteiger partial charge >= 0.3 is 0 Å². The van der Waals surface area contributed by atoms with E-state index in [1.54, 1.807) is 0 Å². The molecule has 1 amide bonds. The minimum Gasteiger partial charge on any atom is -0.352 e. The summed E-state index contributed by atoms with van der Waals surface area (Å²) in [5, 5.41) is 6.27. The first kappa shape index (κ1) is 16.2. The van der Waals surface area contributed by atoms with Crippen LogP contribution in [0.25, 0.3) is 0 Å². The second-order valence-electron chi connectivity index (χ2n) is 5.50. The first-order valence-electron chi connectivity index (χ1n) is 7.81. The van der Waals surface area contributed by atoms with E-state index < -0.39 is 0 Å². The van der Waals surface area contributed by atoms with E-state index in [0.717, 1.165) is 18.5 Å². The van der Waals surface area contributed by atoms with Crippen molar-refractivity contribution < 1.29 is 4.79 Å². The number of hydrogen-bond acceptors (Lipinski definition) is 2. The summed E-state index contributed by atoms with van der Waals surface area (Å²) in [5.41, 5.74) is 3.68. The number of carbonyl (C=O) groups is 1. The van der Waals surface area contributed by atoms with Crippen LogP contribution in [0.2, 0.25) is 0 Å². The van der Waals surface area contributed by atoms with Crippen molar-refractivity contribution >= 4 is 5.91 Å². The number of rotatable bonds is 8. The van der Waals surface area contributed by atoms with Crippen LogP contribution < -0.4 is 10.6 Å². The Balaban J connectivity index is 1.56. The fourth-order valence-electron chi connectivity index (χ4n) is 2.32. The van der Waals surface area contributed by atoms with Crippen LogP contribution in [0.4, 0.5) is 0 Å². The van der Waals surface area contributed by atoms with E-state index in [0.29, 0.717) is 19.5 Å². The molecular weight excluding hydrogens is 272 g/mol. The maximum absolute atomic E-state index is 11.8. The lowest BCUT2D eigenvalue weighted by atomic mass is 10.1. The number of carbonyl (C=O) groups excluding carboxylic acids is 1. The molecule has 2 aromatic rings. The topological polar surface area (TPSA) is 41.1 Å². The fraction of sp³-hybridized carbons (Fsp3) is 0.316.